The molecule has 14 rings (SSSR count). The molecule has 0 aliphatic heterocycles. The van der Waals surface area contributed by atoms with Crippen molar-refractivity contribution in [3.63, 3.8) is 0 Å². The van der Waals surface area contributed by atoms with Crippen LogP contribution in [0.25, 0.3) is 135 Å². The first kappa shape index (κ1) is 36.5. The maximum Gasteiger partial charge on any atom is 0.166 e. The second-order valence-electron chi connectivity index (χ2n) is 16.7. The Bertz CT molecular complexity index is 4250. The molecule has 0 saturated heterocycles. The Morgan fingerprint density at radius 1 is 0.323 bits per heavy atom. The summed E-state index contributed by atoms with van der Waals surface area (Å²) < 4.78 is 7.49. The summed E-state index contributed by atoms with van der Waals surface area (Å²) in [6.45, 7) is 0. The van der Waals surface area contributed by atoms with Gasteiger partial charge in [0.15, 0.2) is 17.5 Å². The first-order valence-corrected chi connectivity index (χ1v) is 23.5. The van der Waals surface area contributed by atoms with Crippen molar-refractivity contribution in [1.29, 1.82) is 0 Å². The van der Waals surface area contributed by atoms with Gasteiger partial charge in [-0.3, -0.25) is 0 Å². The van der Waals surface area contributed by atoms with Crippen LogP contribution < -0.4 is 0 Å². The first-order valence-electron chi connectivity index (χ1n) is 21.8. The molecule has 6 heteroatoms. The van der Waals surface area contributed by atoms with E-state index < -0.39 is 0 Å². The third-order valence-electron chi connectivity index (χ3n) is 13.0. The van der Waals surface area contributed by atoms with E-state index in [1.165, 1.54) is 67.3 Å². The van der Waals surface area contributed by atoms with Crippen LogP contribution in [0.2, 0.25) is 0 Å². The molecule has 65 heavy (non-hydrogen) atoms. The summed E-state index contributed by atoms with van der Waals surface area (Å²) in [6, 6.07) is 74.3. The highest BCUT2D eigenvalue weighted by atomic mass is 32.1. The average molecular weight is 863 g/mol. The molecule has 14 aromatic rings. The van der Waals surface area contributed by atoms with Crippen LogP contribution in [0.4, 0.5) is 0 Å². The van der Waals surface area contributed by atoms with Gasteiger partial charge in [0, 0.05) is 67.6 Å². The molecule has 0 atom stereocenters. The van der Waals surface area contributed by atoms with Crippen LogP contribution in [0.5, 0.6) is 0 Å². The van der Waals surface area contributed by atoms with Crippen LogP contribution in [0.15, 0.2) is 206 Å². The van der Waals surface area contributed by atoms with Crippen molar-refractivity contribution in [3.8, 4) is 51.0 Å². The van der Waals surface area contributed by atoms with Crippen LogP contribution in [0.3, 0.4) is 0 Å². The van der Waals surface area contributed by atoms with Crippen molar-refractivity contribution in [3.05, 3.63) is 206 Å². The Labute approximate surface area is 381 Å². The average Bonchev–Trinajstić information content (AvgIpc) is 4.05. The van der Waals surface area contributed by atoms with Gasteiger partial charge < -0.3 is 4.57 Å². The zero-order chi connectivity index (χ0) is 42.6. The van der Waals surface area contributed by atoms with E-state index in [4.69, 9.17) is 15.0 Å². The Hall–Kier alpha value is -8.03. The van der Waals surface area contributed by atoms with Crippen molar-refractivity contribution in [2.45, 2.75) is 0 Å². The lowest BCUT2D eigenvalue weighted by atomic mass is 9.96. The second kappa shape index (κ2) is 14.2. The van der Waals surface area contributed by atoms with Gasteiger partial charge in [0.1, 0.15) is 0 Å². The number of fused-ring (bicyclic) bond motifs is 12. The largest absolute Gasteiger partial charge is 0.308 e. The lowest BCUT2D eigenvalue weighted by Gasteiger charge is -2.19. The molecule has 4 nitrogen and oxygen atoms in total. The molecular formula is C59H34N4S2. The Kier molecular flexibility index (Phi) is 7.99. The minimum atomic E-state index is 0.622. The number of para-hydroxylation sites is 1. The molecule has 0 radical (unpaired) electrons. The van der Waals surface area contributed by atoms with Crippen molar-refractivity contribution in [2.24, 2.45) is 0 Å². The summed E-state index contributed by atoms with van der Waals surface area (Å²) in [6.07, 6.45) is 0. The number of thiophene rings is 2. The summed E-state index contributed by atoms with van der Waals surface area (Å²) in [5.41, 5.74) is 8.42. The Balaban J connectivity index is 1.15. The van der Waals surface area contributed by atoms with E-state index in [1.807, 2.05) is 22.7 Å². The second-order valence-corrected chi connectivity index (χ2v) is 18.8. The van der Waals surface area contributed by atoms with Crippen LogP contribution in [-0.4, -0.2) is 19.5 Å². The van der Waals surface area contributed by atoms with E-state index in [2.05, 4.69) is 211 Å². The number of aromatic nitrogens is 4. The van der Waals surface area contributed by atoms with Gasteiger partial charge in [-0.1, -0.05) is 152 Å². The number of nitrogens with zero attached hydrogens (tertiary/aromatic N) is 4. The zero-order valence-corrected chi connectivity index (χ0v) is 36.4. The SMILES string of the molecule is c1ccc(-c2cccc(-c3nc(-c4ccc5sc6ccccc6c5c4)nc(-c4c(-n5c6ccccc6c6cc7ccccc7cc65)c5c6ccccc6sc5c5ccccc45)n3)c2)cc1. The minimum Gasteiger partial charge on any atom is -0.308 e. The summed E-state index contributed by atoms with van der Waals surface area (Å²) >= 11 is 3.67. The van der Waals surface area contributed by atoms with Gasteiger partial charge in [-0.25, -0.2) is 15.0 Å². The Morgan fingerprint density at radius 2 is 0.908 bits per heavy atom. The molecule has 0 bridgehead atoms. The van der Waals surface area contributed by atoms with Gasteiger partial charge >= 0.3 is 0 Å². The zero-order valence-electron chi connectivity index (χ0n) is 34.7. The number of rotatable bonds is 5. The van der Waals surface area contributed by atoms with Gasteiger partial charge in [-0.2, -0.15) is 0 Å². The molecule has 302 valence electrons. The van der Waals surface area contributed by atoms with Gasteiger partial charge in [0.25, 0.3) is 0 Å². The van der Waals surface area contributed by atoms with E-state index >= 15 is 0 Å². The third-order valence-corrected chi connectivity index (χ3v) is 15.4. The van der Waals surface area contributed by atoms with Gasteiger partial charge in [0.05, 0.1) is 22.3 Å². The Morgan fingerprint density at radius 3 is 1.72 bits per heavy atom. The molecule has 0 fully saturated rings. The van der Waals surface area contributed by atoms with Crippen LogP contribution in [0.1, 0.15) is 0 Å². The van der Waals surface area contributed by atoms with Crippen molar-refractivity contribution >= 4 is 106 Å². The van der Waals surface area contributed by atoms with Gasteiger partial charge in [0.2, 0.25) is 0 Å². The molecule has 0 N–H and O–H groups in total. The number of hydrogen-bond acceptors (Lipinski definition) is 5. The third kappa shape index (κ3) is 5.64. The van der Waals surface area contributed by atoms with Crippen LogP contribution >= 0.6 is 22.7 Å². The summed E-state index contributed by atoms with van der Waals surface area (Å²) in [5.74, 6) is 1.88. The molecule has 0 amide bonds. The standard InChI is InChI=1S/C59H34N4S2/c1-2-15-35(16-3-1)36-19-14-20-39(31-36)57-60-58(40-29-30-52-47(33-40)42-22-9-12-27-50(42)64-52)62-59(61-57)54-43-23-6-7-24-44(43)56-53(45-25-10-13-28-51(45)65-56)55(54)63-48-26-11-8-21-41(48)46-32-37-17-4-5-18-38(37)34-49(46)63/h1-34H. The van der Waals surface area contributed by atoms with Crippen LogP contribution in [0, 0.1) is 0 Å². The predicted molar refractivity (Wildman–Crippen MR) is 277 cm³/mol. The lowest BCUT2D eigenvalue weighted by molar-refractivity contribution is 1.07. The molecule has 0 spiro atoms. The van der Waals surface area contributed by atoms with Gasteiger partial charge in [-0.05, 0) is 81.9 Å². The number of benzene rings is 10. The fourth-order valence-corrected chi connectivity index (χ4v) is 12.4. The van der Waals surface area contributed by atoms with Gasteiger partial charge in [-0.15, -0.1) is 22.7 Å². The molecule has 10 aromatic carbocycles. The quantitative estimate of drug-likeness (QED) is 0.173. The van der Waals surface area contributed by atoms with E-state index in [-0.39, 0.29) is 0 Å². The number of hydrogen-bond donors (Lipinski definition) is 0. The van der Waals surface area contributed by atoms with Crippen LogP contribution in [-0.2, 0) is 0 Å². The van der Waals surface area contributed by atoms with E-state index in [9.17, 15) is 0 Å². The van der Waals surface area contributed by atoms with Crippen molar-refractivity contribution in [2.75, 3.05) is 0 Å². The minimum absolute atomic E-state index is 0.622. The highest BCUT2D eigenvalue weighted by Crippen LogP contribution is 2.50. The monoisotopic (exact) mass is 862 g/mol. The summed E-state index contributed by atoms with van der Waals surface area (Å²) in [7, 11) is 0. The summed E-state index contributed by atoms with van der Waals surface area (Å²) in [4.78, 5) is 16.6. The van der Waals surface area contributed by atoms with Crippen molar-refractivity contribution in [1.82, 2.24) is 19.5 Å². The fourth-order valence-electron chi connectivity index (χ4n) is 10.0. The van der Waals surface area contributed by atoms with E-state index in [0.29, 0.717) is 17.5 Å². The molecule has 0 aliphatic carbocycles. The molecule has 0 aliphatic rings. The topological polar surface area (TPSA) is 43.6 Å². The first-order chi connectivity index (χ1) is 32.2. The maximum atomic E-state index is 5.62. The van der Waals surface area contributed by atoms with E-state index in [1.54, 1.807) is 0 Å². The highest BCUT2D eigenvalue weighted by molar-refractivity contribution is 7.27. The van der Waals surface area contributed by atoms with E-state index in [0.717, 1.165) is 49.9 Å². The maximum absolute atomic E-state index is 5.62. The molecule has 4 aromatic heterocycles. The molecular weight excluding hydrogens is 829 g/mol. The predicted octanol–water partition coefficient (Wildman–Crippen LogP) is 16.7. The highest BCUT2D eigenvalue weighted by Gasteiger charge is 2.27. The summed E-state index contributed by atoms with van der Waals surface area (Å²) in [5, 5.41) is 11.9. The molecule has 0 saturated carbocycles. The fraction of sp³-hybridized carbons (Fsp3) is 0. The normalized spacial score (nSPS) is 12.0. The molecule has 0 unspecified atom stereocenters. The lowest BCUT2D eigenvalue weighted by Crippen LogP contribution is -2.05. The smallest absolute Gasteiger partial charge is 0.166 e. The van der Waals surface area contributed by atoms with Crippen molar-refractivity contribution < 1.29 is 0 Å². The molecule has 4 heterocycles.